The molecule has 18 heavy (non-hydrogen) atoms. The number of amides is 1. The van der Waals surface area contributed by atoms with Crippen LogP contribution in [0.4, 0.5) is 0 Å². The maximum Gasteiger partial charge on any atom is 0.274 e. The minimum atomic E-state index is -0.300. The molecule has 1 aliphatic heterocycles. The highest BCUT2D eigenvalue weighted by molar-refractivity contribution is 5.91. The molecule has 0 unspecified atom stereocenters. The van der Waals surface area contributed by atoms with Gasteiger partial charge in [-0.2, -0.15) is 5.10 Å². The molecule has 2 heterocycles. The number of rotatable bonds is 4. The second-order valence-corrected chi connectivity index (χ2v) is 4.58. The first-order valence-corrected chi connectivity index (χ1v) is 6.20. The number of hydrogen-bond acceptors (Lipinski definition) is 4. The van der Waals surface area contributed by atoms with Crippen LogP contribution in [0.3, 0.4) is 0 Å². The van der Waals surface area contributed by atoms with E-state index < -0.39 is 0 Å². The predicted octanol–water partition coefficient (Wildman–Crippen LogP) is -0.0623. The maximum absolute atomic E-state index is 12.0. The van der Waals surface area contributed by atoms with Gasteiger partial charge in [0.1, 0.15) is 5.69 Å². The van der Waals surface area contributed by atoms with E-state index in [0.29, 0.717) is 6.54 Å². The average Bonchev–Trinajstić information content (AvgIpc) is 2.89. The third-order valence-corrected chi connectivity index (χ3v) is 3.20. The number of aromatic nitrogens is 2. The van der Waals surface area contributed by atoms with Crippen molar-refractivity contribution in [3.05, 3.63) is 28.2 Å². The van der Waals surface area contributed by atoms with Crippen LogP contribution >= 0.6 is 0 Å². The SMILES string of the molecule is CN(CCN1CCCC1)C(=O)c1ccc(=O)[nH]n1. The van der Waals surface area contributed by atoms with E-state index in [4.69, 9.17) is 0 Å². The van der Waals surface area contributed by atoms with Crippen LogP contribution in [0.2, 0.25) is 0 Å². The van der Waals surface area contributed by atoms with E-state index in [1.165, 1.54) is 25.0 Å². The zero-order valence-electron chi connectivity index (χ0n) is 10.6. The van der Waals surface area contributed by atoms with Crippen LogP contribution in [0.5, 0.6) is 0 Å². The normalized spacial score (nSPS) is 15.8. The zero-order chi connectivity index (χ0) is 13.0. The van der Waals surface area contributed by atoms with Crippen molar-refractivity contribution in [1.82, 2.24) is 20.0 Å². The summed E-state index contributed by atoms with van der Waals surface area (Å²) in [6.45, 7) is 3.82. The number of likely N-dealkylation sites (tertiary alicyclic amines) is 1. The molecule has 1 N–H and O–H groups in total. The number of carbonyl (C=O) groups is 1. The van der Waals surface area contributed by atoms with Gasteiger partial charge in [0.05, 0.1) is 0 Å². The van der Waals surface area contributed by atoms with E-state index in [-0.39, 0.29) is 17.2 Å². The molecular weight excluding hydrogens is 232 g/mol. The fourth-order valence-electron chi connectivity index (χ4n) is 2.06. The number of likely N-dealkylation sites (N-methyl/N-ethyl adjacent to an activating group) is 1. The summed E-state index contributed by atoms with van der Waals surface area (Å²) in [6.07, 6.45) is 2.50. The number of aromatic amines is 1. The molecule has 0 aliphatic carbocycles. The largest absolute Gasteiger partial charge is 0.339 e. The molecule has 0 bridgehead atoms. The number of H-pyrrole nitrogens is 1. The Morgan fingerprint density at radius 2 is 2.17 bits per heavy atom. The monoisotopic (exact) mass is 250 g/mol. The smallest absolute Gasteiger partial charge is 0.274 e. The summed E-state index contributed by atoms with van der Waals surface area (Å²) in [6, 6.07) is 2.77. The molecule has 0 aromatic carbocycles. The van der Waals surface area contributed by atoms with Crippen molar-refractivity contribution in [3.63, 3.8) is 0 Å². The summed E-state index contributed by atoms with van der Waals surface area (Å²) < 4.78 is 0. The third kappa shape index (κ3) is 3.16. The zero-order valence-corrected chi connectivity index (χ0v) is 10.6. The van der Waals surface area contributed by atoms with Crippen LogP contribution in [0.15, 0.2) is 16.9 Å². The molecule has 1 saturated heterocycles. The quantitative estimate of drug-likeness (QED) is 0.812. The highest BCUT2D eigenvalue weighted by Gasteiger charge is 2.16. The Morgan fingerprint density at radius 3 is 2.78 bits per heavy atom. The molecule has 6 heteroatoms. The molecule has 98 valence electrons. The van der Waals surface area contributed by atoms with Gasteiger partial charge in [-0.05, 0) is 32.0 Å². The predicted molar refractivity (Wildman–Crippen MR) is 67.5 cm³/mol. The Bertz CT molecular complexity index is 445. The summed E-state index contributed by atoms with van der Waals surface area (Å²) in [5.74, 6) is -0.162. The first-order chi connectivity index (χ1) is 8.66. The van der Waals surface area contributed by atoms with E-state index in [0.717, 1.165) is 19.6 Å². The summed E-state index contributed by atoms with van der Waals surface area (Å²) in [4.78, 5) is 26.8. The van der Waals surface area contributed by atoms with Crippen molar-refractivity contribution < 1.29 is 4.79 Å². The highest BCUT2D eigenvalue weighted by atomic mass is 16.2. The summed E-state index contributed by atoms with van der Waals surface area (Å²) in [7, 11) is 1.76. The second-order valence-electron chi connectivity index (χ2n) is 4.58. The highest BCUT2D eigenvalue weighted by Crippen LogP contribution is 2.07. The first-order valence-electron chi connectivity index (χ1n) is 6.20. The van der Waals surface area contributed by atoms with Gasteiger partial charge in [-0.15, -0.1) is 0 Å². The van der Waals surface area contributed by atoms with Gasteiger partial charge in [0, 0.05) is 26.2 Å². The van der Waals surface area contributed by atoms with E-state index in [1.54, 1.807) is 11.9 Å². The van der Waals surface area contributed by atoms with Gasteiger partial charge in [0.15, 0.2) is 0 Å². The Morgan fingerprint density at radius 1 is 1.44 bits per heavy atom. The third-order valence-electron chi connectivity index (χ3n) is 3.20. The first kappa shape index (κ1) is 12.8. The molecule has 1 amide bonds. The molecular formula is C12H18N4O2. The van der Waals surface area contributed by atoms with Gasteiger partial charge in [-0.1, -0.05) is 0 Å². The standard InChI is InChI=1S/C12H18N4O2/c1-15(8-9-16-6-2-3-7-16)12(18)10-4-5-11(17)14-13-10/h4-5H,2-3,6-9H2,1H3,(H,14,17). The molecule has 2 rings (SSSR count). The van der Waals surface area contributed by atoms with Crippen LogP contribution < -0.4 is 5.56 Å². The van der Waals surface area contributed by atoms with Crippen molar-refractivity contribution >= 4 is 5.91 Å². The summed E-state index contributed by atoms with van der Waals surface area (Å²) in [5.41, 5.74) is -0.0233. The van der Waals surface area contributed by atoms with Gasteiger partial charge in [0.2, 0.25) is 0 Å². The van der Waals surface area contributed by atoms with Gasteiger partial charge in [0.25, 0.3) is 11.5 Å². The van der Waals surface area contributed by atoms with Crippen LogP contribution in [0.25, 0.3) is 0 Å². The number of nitrogens with one attached hydrogen (secondary N) is 1. The summed E-state index contributed by atoms with van der Waals surface area (Å²) in [5, 5.41) is 6.01. The molecule has 1 aliphatic rings. The van der Waals surface area contributed by atoms with Crippen molar-refractivity contribution in [3.8, 4) is 0 Å². The van der Waals surface area contributed by atoms with Crippen LogP contribution in [-0.2, 0) is 0 Å². The van der Waals surface area contributed by atoms with E-state index in [2.05, 4.69) is 15.1 Å². The van der Waals surface area contributed by atoms with Crippen LogP contribution in [0, 0.1) is 0 Å². The lowest BCUT2D eigenvalue weighted by Gasteiger charge is -2.21. The molecule has 1 fully saturated rings. The lowest BCUT2D eigenvalue weighted by atomic mass is 10.3. The fraction of sp³-hybridized carbons (Fsp3) is 0.583. The van der Waals surface area contributed by atoms with Gasteiger partial charge >= 0.3 is 0 Å². The van der Waals surface area contributed by atoms with Crippen molar-refractivity contribution in [2.75, 3.05) is 33.2 Å². The van der Waals surface area contributed by atoms with Crippen molar-refractivity contribution in [2.45, 2.75) is 12.8 Å². The maximum atomic E-state index is 12.0. The van der Waals surface area contributed by atoms with Crippen LogP contribution in [0.1, 0.15) is 23.3 Å². The Kier molecular flexibility index (Phi) is 4.09. The Hall–Kier alpha value is -1.69. The average molecular weight is 250 g/mol. The van der Waals surface area contributed by atoms with Crippen molar-refractivity contribution in [2.24, 2.45) is 0 Å². The Labute approximate surface area is 106 Å². The lowest BCUT2D eigenvalue weighted by Crippen LogP contribution is -2.35. The minimum Gasteiger partial charge on any atom is -0.339 e. The van der Waals surface area contributed by atoms with Gasteiger partial charge < -0.3 is 9.80 Å². The fourth-order valence-corrected chi connectivity index (χ4v) is 2.06. The van der Waals surface area contributed by atoms with E-state index in [9.17, 15) is 9.59 Å². The van der Waals surface area contributed by atoms with E-state index >= 15 is 0 Å². The second kappa shape index (κ2) is 5.77. The molecule has 0 spiro atoms. The molecule has 1 aromatic rings. The molecule has 0 saturated carbocycles. The van der Waals surface area contributed by atoms with Gasteiger partial charge in [-0.25, -0.2) is 5.10 Å². The lowest BCUT2D eigenvalue weighted by molar-refractivity contribution is 0.0775. The molecule has 6 nitrogen and oxygen atoms in total. The van der Waals surface area contributed by atoms with Gasteiger partial charge in [-0.3, -0.25) is 9.59 Å². The van der Waals surface area contributed by atoms with Crippen LogP contribution in [-0.4, -0.2) is 59.1 Å². The number of carbonyl (C=O) groups excluding carboxylic acids is 1. The number of nitrogens with zero attached hydrogens (tertiary/aromatic N) is 3. The van der Waals surface area contributed by atoms with Crippen molar-refractivity contribution in [1.29, 1.82) is 0 Å². The molecule has 0 radical (unpaired) electrons. The van der Waals surface area contributed by atoms with E-state index in [1.807, 2.05) is 0 Å². The topological polar surface area (TPSA) is 69.3 Å². The Balaban J connectivity index is 1.87. The summed E-state index contributed by atoms with van der Waals surface area (Å²) >= 11 is 0. The molecule has 0 atom stereocenters. The molecule has 1 aromatic heterocycles. The number of hydrogen-bond donors (Lipinski definition) is 1. The minimum absolute atomic E-state index is 0.162.